The van der Waals surface area contributed by atoms with Crippen LogP contribution in [0.1, 0.15) is 18.4 Å². The minimum atomic E-state index is 0.0837. The molecule has 0 fully saturated rings. The third kappa shape index (κ3) is 7.30. The maximum absolute atomic E-state index is 11.5. The maximum atomic E-state index is 11.5. The molecule has 0 saturated heterocycles. The summed E-state index contributed by atoms with van der Waals surface area (Å²) in [5.41, 5.74) is 1.27. The van der Waals surface area contributed by atoms with Crippen LogP contribution in [0.15, 0.2) is 30.3 Å². The molecule has 1 amide bonds. The van der Waals surface area contributed by atoms with Crippen molar-refractivity contribution < 1.29 is 9.53 Å². The number of carbonyl (C=O) groups is 1. The Labute approximate surface area is 113 Å². The molecule has 18 heavy (non-hydrogen) atoms. The number of alkyl halides is 1. The van der Waals surface area contributed by atoms with Crippen LogP contribution in [0.3, 0.4) is 0 Å². The highest BCUT2D eigenvalue weighted by Crippen LogP contribution is 2.04. The van der Waals surface area contributed by atoms with Crippen LogP contribution in [0, 0.1) is 0 Å². The standard InChI is InChI=1S/C14H20ClNO2/c15-9-11-18-12-10-16-14(17)8-4-7-13-5-2-1-3-6-13/h1-3,5-6H,4,7-12H2,(H,16,17). The molecule has 4 heteroatoms. The number of hydrogen-bond acceptors (Lipinski definition) is 2. The van der Waals surface area contributed by atoms with Crippen LogP contribution in [0.5, 0.6) is 0 Å². The van der Waals surface area contributed by atoms with Crippen molar-refractivity contribution in [1.82, 2.24) is 5.32 Å². The van der Waals surface area contributed by atoms with Crippen molar-refractivity contribution >= 4 is 17.5 Å². The van der Waals surface area contributed by atoms with Gasteiger partial charge in [0.05, 0.1) is 13.2 Å². The van der Waals surface area contributed by atoms with Gasteiger partial charge in [0.15, 0.2) is 0 Å². The second kappa shape index (κ2) is 9.92. The minimum Gasteiger partial charge on any atom is -0.378 e. The van der Waals surface area contributed by atoms with Gasteiger partial charge in [0.25, 0.3) is 0 Å². The van der Waals surface area contributed by atoms with Crippen molar-refractivity contribution in [3.63, 3.8) is 0 Å². The summed E-state index contributed by atoms with van der Waals surface area (Å²) < 4.78 is 5.16. The van der Waals surface area contributed by atoms with Gasteiger partial charge in [0, 0.05) is 18.8 Å². The first-order valence-electron chi connectivity index (χ1n) is 6.27. The highest BCUT2D eigenvalue weighted by atomic mass is 35.5. The smallest absolute Gasteiger partial charge is 0.220 e. The molecule has 1 rings (SSSR count). The van der Waals surface area contributed by atoms with Crippen LogP contribution >= 0.6 is 11.6 Å². The number of halogens is 1. The predicted octanol–water partition coefficient (Wildman–Crippen LogP) is 2.38. The highest BCUT2D eigenvalue weighted by Gasteiger charge is 2.00. The number of carbonyl (C=O) groups excluding carboxylic acids is 1. The molecule has 0 aliphatic heterocycles. The van der Waals surface area contributed by atoms with Gasteiger partial charge in [0.1, 0.15) is 0 Å². The highest BCUT2D eigenvalue weighted by molar-refractivity contribution is 6.17. The second-order valence-electron chi connectivity index (χ2n) is 3.99. The van der Waals surface area contributed by atoms with Crippen molar-refractivity contribution in [3.8, 4) is 0 Å². The molecule has 100 valence electrons. The molecule has 0 bridgehead atoms. The summed E-state index contributed by atoms with van der Waals surface area (Å²) in [4.78, 5) is 11.5. The van der Waals surface area contributed by atoms with E-state index in [2.05, 4.69) is 17.4 Å². The summed E-state index contributed by atoms with van der Waals surface area (Å²) >= 11 is 5.46. The molecular weight excluding hydrogens is 250 g/mol. The molecule has 0 radical (unpaired) electrons. The van der Waals surface area contributed by atoms with Crippen LogP contribution in [0.2, 0.25) is 0 Å². The molecular formula is C14H20ClNO2. The summed E-state index contributed by atoms with van der Waals surface area (Å²) in [7, 11) is 0. The van der Waals surface area contributed by atoms with E-state index in [9.17, 15) is 4.79 Å². The average molecular weight is 270 g/mol. The summed E-state index contributed by atoms with van der Waals surface area (Å²) in [6.07, 6.45) is 2.37. The van der Waals surface area contributed by atoms with E-state index in [1.54, 1.807) is 0 Å². The van der Waals surface area contributed by atoms with Crippen LogP contribution in [0.25, 0.3) is 0 Å². The number of aryl methyl sites for hydroxylation is 1. The fourth-order valence-electron chi connectivity index (χ4n) is 1.61. The number of benzene rings is 1. The Balaban J connectivity index is 2.00. The van der Waals surface area contributed by atoms with E-state index in [-0.39, 0.29) is 5.91 Å². The van der Waals surface area contributed by atoms with Crippen LogP contribution in [-0.2, 0) is 16.0 Å². The zero-order valence-electron chi connectivity index (χ0n) is 10.5. The molecule has 1 aromatic carbocycles. The fourth-order valence-corrected chi connectivity index (χ4v) is 1.71. The normalized spacial score (nSPS) is 10.3. The molecule has 3 nitrogen and oxygen atoms in total. The van der Waals surface area contributed by atoms with Gasteiger partial charge in [-0.3, -0.25) is 4.79 Å². The lowest BCUT2D eigenvalue weighted by Gasteiger charge is -2.05. The van der Waals surface area contributed by atoms with Gasteiger partial charge in [-0.05, 0) is 18.4 Å². The van der Waals surface area contributed by atoms with E-state index < -0.39 is 0 Å². The zero-order chi connectivity index (χ0) is 13.1. The quantitative estimate of drug-likeness (QED) is 0.552. The van der Waals surface area contributed by atoms with Crippen LogP contribution < -0.4 is 5.32 Å². The van der Waals surface area contributed by atoms with Crippen LogP contribution in [0.4, 0.5) is 0 Å². The third-order valence-corrected chi connectivity index (χ3v) is 2.66. The van der Waals surface area contributed by atoms with Gasteiger partial charge in [-0.1, -0.05) is 30.3 Å². The lowest BCUT2D eigenvalue weighted by molar-refractivity contribution is -0.121. The Morgan fingerprint density at radius 1 is 1.22 bits per heavy atom. The molecule has 0 saturated carbocycles. The first-order valence-corrected chi connectivity index (χ1v) is 6.80. The van der Waals surface area contributed by atoms with Gasteiger partial charge in [0.2, 0.25) is 5.91 Å². The van der Waals surface area contributed by atoms with Gasteiger partial charge < -0.3 is 10.1 Å². The minimum absolute atomic E-state index is 0.0837. The first-order chi connectivity index (χ1) is 8.83. The van der Waals surface area contributed by atoms with E-state index >= 15 is 0 Å². The van der Waals surface area contributed by atoms with Gasteiger partial charge >= 0.3 is 0 Å². The van der Waals surface area contributed by atoms with E-state index in [1.807, 2.05) is 18.2 Å². The number of nitrogens with one attached hydrogen (secondary N) is 1. The molecule has 0 aliphatic carbocycles. The van der Waals surface area contributed by atoms with E-state index in [4.69, 9.17) is 16.3 Å². The van der Waals surface area contributed by atoms with Crippen LogP contribution in [-0.4, -0.2) is 31.5 Å². The Bertz CT molecular complexity index is 330. The molecule has 0 atom stereocenters. The van der Waals surface area contributed by atoms with Crippen molar-refractivity contribution in [2.24, 2.45) is 0 Å². The Hall–Kier alpha value is -1.06. The fraction of sp³-hybridized carbons (Fsp3) is 0.500. The number of amides is 1. The van der Waals surface area contributed by atoms with E-state index in [0.29, 0.717) is 32.1 Å². The van der Waals surface area contributed by atoms with Crippen molar-refractivity contribution in [2.45, 2.75) is 19.3 Å². The van der Waals surface area contributed by atoms with Gasteiger partial charge in [-0.15, -0.1) is 11.6 Å². The lowest BCUT2D eigenvalue weighted by Crippen LogP contribution is -2.27. The average Bonchev–Trinajstić information content (AvgIpc) is 2.40. The van der Waals surface area contributed by atoms with Crippen molar-refractivity contribution in [2.75, 3.05) is 25.6 Å². The van der Waals surface area contributed by atoms with E-state index in [1.165, 1.54) is 5.56 Å². The van der Waals surface area contributed by atoms with Gasteiger partial charge in [-0.2, -0.15) is 0 Å². The second-order valence-corrected chi connectivity index (χ2v) is 4.37. The Morgan fingerprint density at radius 2 is 2.00 bits per heavy atom. The molecule has 0 unspecified atom stereocenters. The zero-order valence-corrected chi connectivity index (χ0v) is 11.3. The third-order valence-electron chi connectivity index (χ3n) is 2.50. The Kier molecular flexibility index (Phi) is 8.26. The van der Waals surface area contributed by atoms with E-state index in [0.717, 1.165) is 12.8 Å². The molecule has 0 spiro atoms. The topological polar surface area (TPSA) is 38.3 Å². The molecule has 0 aromatic heterocycles. The first kappa shape index (κ1) is 15.0. The molecule has 1 N–H and O–H groups in total. The summed E-state index contributed by atoms with van der Waals surface area (Å²) in [5, 5.41) is 2.82. The number of hydrogen-bond donors (Lipinski definition) is 1. The monoisotopic (exact) mass is 269 g/mol. The largest absolute Gasteiger partial charge is 0.378 e. The maximum Gasteiger partial charge on any atom is 0.220 e. The molecule has 1 aromatic rings. The number of rotatable bonds is 9. The SMILES string of the molecule is O=C(CCCc1ccccc1)NCCOCCCl. The molecule has 0 aliphatic rings. The summed E-state index contributed by atoms with van der Waals surface area (Å²) in [6, 6.07) is 10.2. The lowest BCUT2D eigenvalue weighted by atomic mass is 10.1. The van der Waals surface area contributed by atoms with Crippen molar-refractivity contribution in [3.05, 3.63) is 35.9 Å². The molecule has 0 heterocycles. The Morgan fingerprint density at radius 3 is 2.72 bits per heavy atom. The number of ether oxygens (including phenoxy) is 1. The summed E-state index contributed by atoms with van der Waals surface area (Å²) in [6.45, 7) is 1.61. The van der Waals surface area contributed by atoms with Gasteiger partial charge in [-0.25, -0.2) is 0 Å². The predicted molar refractivity (Wildman–Crippen MR) is 73.9 cm³/mol. The van der Waals surface area contributed by atoms with Crippen molar-refractivity contribution in [1.29, 1.82) is 0 Å². The summed E-state index contributed by atoms with van der Waals surface area (Å²) in [5.74, 6) is 0.575.